The molecular weight excluding hydrogens is 264 g/mol. The number of piperidine rings is 1. The normalized spacial score (nSPS) is 20.4. The van der Waals surface area contributed by atoms with Crippen LogP contribution >= 0.6 is 11.3 Å². The van der Waals surface area contributed by atoms with Gasteiger partial charge in [0.2, 0.25) is 5.88 Å². The molecule has 1 unspecified atom stereocenters. The van der Waals surface area contributed by atoms with Crippen LogP contribution in [0.4, 0.5) is 0 Å². The number of aromatic nitrogens is 1. The molecule has 0 aliphatic carbocycles. The Morgan fingerprint density at radius 2 is 2.42 bits per heavy atom. The zero-order valence-corrected chi connectivity index (χ0v) is 12.2. The highest BCUT2D eigenvalue weighted by Crippen LogP contribution is 2.27. The molecule has 0 amide bonds. The summed E-state index contributed by atoms with van der Waals surface area (Å²) in [5.41, 5.74) is 0. The summed E-state index contributed by atoms with van der Waals surface area (Å²) in [5, 5.41) is 10.5. The largest absolute Gasteiger partial charge is 0.492 e. The van der Waals surface area contributed by atoms with Crippen molar-refractivity contribution in [2.24, 2.45) is 5.92 Å². The van der Waals surface area contributed by atoms with Crippen molar-refractivity contribution >= 4 is 17.3 Å². The number of hydrogen-bond donors (Lipinski definition) is 1. The lowest BCUT2D eigenvalue weighted by atomic mass is 10.0. The van der Waals surface area contributed by atoms with Gasteiger partial charge in [-0.3, -0.25) is 4.90 Å². The maximum atomic E-state index is 11.6. The van der Waals surface area contributed by atoms with E-state index in [-0.39, 0.29) is 10.8 Å². The summed E-state index contributed by atoms with van der Waals surface area (Å²) in [6.07, 6.45) is 2.47. The average Bonchev–Trinajstić information content (AvgIpc) is 2.70. The minimum Gasteiger partial charge on any atom is -0.492 e. The summed E-state index contributed by atoms with van der Waals surface area (Å²) in [4.78, 5) is 18.2. The predicted molar refractivity (Wildman–Crippen MR) is 73.4 cm³/mol. The van der Waals surface area contributed by atoms with Gasteiger partial charge in [0, 0.05) is 6.54 Å². The molecule has 1 N–H and O–H groups in total. The molecule has 6 heteroatoms. The van der Waals surface area contributed by atoms with Crippen LogP contribution in [0.2, 0.25) is 0 Å². The molecule has 1 aromatic heterocycles. The van der Waals surface area contributed by atoms with E-state index in [1.807, 2.05) is 0 Å². The van der Waals surface area contributed by atoms with E-state index in [4.69, 9.17) is 4.74 Å². The number of hydrogen-bond acceptors (Lipinski definition) is 6. The topological polar surface area (TPSA) is 62.7 Å². The Bertz CT molecular complexity index is 447. The third-order valence-electron chi connectivity index (χ3n) is 3.21. The van der Waals surface area contributed by atoms with Crippen LogP contribution in [0, 0.1) is 5.92 Å². The Balaban J connectivity index is 2.01. The number of thiazole rings is 1. The summed E-state index contributed by atoms with van der Waals surface area (Å²) in [5.74, 6) is 0.00565. The zero-order valence-electron chi connectivity index (χ0n) is 11.4. The van der Waals surface area contributed by atoms with Crippen LogP contribution in [-0.4, -0.2) is 40.7 Å². The van der Waals surface area contributed by atoms with E-state index in [2.05, 4.69) is 16.8 Å². The highest BCUT2D eigenvalue weighted by Gasteiger charge is 2.22. The Kier molecular flexibility index (Phi) is 4.76. The fraction of sp³-hybridized carbons (Fsp3) is 0.692. The number of esters is 1. The Labute approximate surface area is 117 Å². The van der Waals surface area contributed by atoms with Gasteiger partial charge in [0.25, 0.3) is 0 Å². The molecular formula is C13H20N2O3S. The number of rotatable bonds is 4. The van der Waals surface area contributed by atoms with Gasteiger partial charge in [-0.05, 0) is 32.2 Å². The monoisotopic (exact) mass is 284 g/mol. The summed E-state index contributed by atoms with van der Waals surface area (Å²) in [6.45, 7) is 7.09. The first-order valence-electron chi connectivity index (χ1n) is 6.68. The van der Waals surface area contributed by atoms with Crippen LogP contribution in [0.15, 0.2) is 0 Å². The number of ether oxygens (including phenoxy) is 1. The van der Waals surface area contributed by atoms with Crippen LogP contribution < -0.4 is 0 Å². The molecule has 0 saturated carbocycles. The van der Waals surface area contributed by atoms with Gasteiger partial charge in [-0.15, -0.1) is 11.3 Å². The standard InChI is InChI=1S/C13H20N2O3S/c1-3-18-13(17)11-12(16)14-10(19-11)8-15-6-4-5-9(2)7-15/h9,16H,3-8H2,1-2H3. The molecule has 1 fully saturated rings. The molecule has 1 aliphatic rings. The van der Waals surface area contributed by atoms with Crippen molar-refractivity contribution in [2.45, 2.75) is 33.2 Å². The lowest BCUT2D eigenvalue weighted by molar-refractivity contribution is 0.0528. The van der Waals surface area contributed by atoms with Crippen LogP contribution in [0.25, 0.3) is 0 Å². The fourth-order valence-electron chi connectivity index (χ4n) is 2.37. The van der Waals surface area contributed by atoms with Crippen LogP contribution in [-0.2, 0) is 11.3 Å². The van der Waals surface area contributed by atoms with E-state index in [0.29, 0.717) is 19.1 Å². The van der Waals surface area contributed by atoms with E-state index >= 15 is 0 Å². The maximum Gasteiger partial charge on any atom is 0.353 e. The number of carbonyl (C=O) groups excluding carboxylic acids is 1. The predicted octanol–water partition coefficient (Wildman–Crippen LogP) is 2.26. The van der Waals surface area contributed by atoms with Gasteiger partial charge in [0.15, 0.2) is 4.88 Å². The first-order chi connectivity index (χ1) is 9.10. The quantitative estimate of drug-likeness (QED) is 0.859. The van der Waals surface area contributed by atoms with Crippen LogP contribution in [0.5, 0.6) is 5.88 Å². The van der Waals surface area contributed by atoms with Crippen molar-refractivity contribution in [3.05, 3.63) is 9.88 Å². The van der Waals surface area contributed by atoms with Crippen molar-refractivity contribution in [1.82, 2.24) is 9.88 Å². The molecule has 0 aromatic carbocycles. The summed E-state index contributed by atoms with van der Waals surface area (Å²) in [6, 6.07) is 0. The Hall–Kier alpha value is -1.14. The summed E-state index contributed by atoms with van der Waals surface area (Å²) < 4.78 is 4.89. The molecule has 1 saturated heterocycles. The second kappa shape index (κ2) is 6.34. The van der Waals surface area contributed by atoms with E-state index in [1.165, 1.54) is 24.2 Å². The SMILES string of the molecule is CCOC(=O)c1sc(CN2CCCC(C)C2)nc1O. The lowest BCUT2D eigenvalue weighted by Gasteiger charge is -2.29. The van der Waals surface area contributed by atoms with E-state index in [1.54, 1.807) is 6.92 Å². The highest BCUT2D eigenvalue weighted by atomic mass is 32.1. The second-order valence-corrected chi connectivity index (χ2v) is 6.05. The molecule has 1 atom stereocenters. The van der Waals surface area contributed by atoms with Gasteiger partial charge in [-0.25, -0.2) is 9.78 Å². The molecule has 106 valence electrons. The summed E-state index contributed by atoms with van der Waals surface area (Å²) in [7, 11) is 0. The van der Waals surface area contributed by atoms with Crippen molar-refractivity contribution in [1.29, 1.82) is 0 Å². The molecule has 1 aliphatic heterocycles. The maximum absolute atomic E-state index is 11.6. The molecule has 1 aromatic rings. The van der Waals surface area contributed by atoms with Crippen molar-refractivity contribution in [2.75, 3.05) is 19.7 Å². The molecule has 2 rings (SSSR count). The van der Waals surface area contributed by atoms with Gasteiger partial charge >= 0.3 is 5.97 Å². The van der Waals surface area contributed by atoms with Crippen LogP contribution in [0.1, 0.15) is 41.4 Å². The van der Waals surface area contributed by atoms with Crippen molar-refractivity contribution in [3.63, 3.8) is 0 Å². The zero-order chi connectivity index (χ0) is 13.8. The average molecular weight is 284 g/mol. The van der Waals surface area contributed by atoms with Gasteiger partial charge in [0.1, 0.15) is 5.01 Å². The van der Waals surface area contributed by atoms with Crippen molar-refractivity contribution < 1.29 is 14.6 Å². The molecule has 0 radical (unpaired) electrons. The third-order valence-corrected chi connectivity index (χ3v) is 4.22. The number of nitrogens with zero attached hydrogens (tertiary/aromatic N) is 2. The van der Waals surface area contributed by atoms with Gasteiger partial charge in [0.05, 0.1) is 13.2 Å². The van der Waals surface area contributed by atoms with Gasteiger partial charge in [-0.2, -0.15) is 0 Å². The number of likely N-dealkylation sites (tertiary alicyclic amines) is 1. The minimum atomic E-state index is -0.490. The second-order valence-electron chi connectivity index (χ2n) is 4.96. The fourth-order valence-corrected chi connectivity index (χ4v) is 3.27. The lowest BCUT2D eigenvalue weighted by Crippen LogP contribution is -2.33. The highest BCUT2D eigenvalue weighted by molar-refractivity contribution is 7.13. The third kappa shape index (κ3) is 3.67. The first-order valence-corrected chi connectivity index (χ1v) is 7.50. The Morgan fingerprint density at radius 3 is 3.11 bits per heavy atom. The van der Waals surface area contributed by atoms with E-state index < -0.39 is 5.97 Å². The molecule has 0 bridgehead atoms. The van der Waals surface area contributed by atoms with Crippen molar-refractivity contribution in [3.8, 4) is 5.88 Å². The van der Waals surface area contributed by atoms with Gasteiger partial charge in [-0.1, -0.05) is 6.92 Å². The Morgan fingerprint density at radius 1 is 1.63 bits per heavy atom. The van der Waals surface area contributed by atoms with E-state index in [0.717, 1.165) is 18.1 Å². The molecule has 5 nitrogen and oxygen atoms in total. The smallest absolute Gasteiger partial charge is 0.353 e. The van der Waals surface area contributed by atoms with Gasteiger partial charge < -0.3 is 9.84 Å². The first kappa shape index (κ1) is 14.3. The number of carbonyl (C=O) groups is 1. The molecule has 19 heavy (non-hydrogen) atoms. The minimum absolute atomic E-state index is 0.205. The molecule has 2 heterocycles. The van der Waals surface area contributed by atoms with Crippen LogP contribution in [0.3, 0.4) is 0 Å². The summed E-state index contributed by atoms with van der Waals surface area (Å²) >= 11 is 1.23. The number of aromatic hydroxyl groups is 1. The van der Waals surface area contributed by atoms with E-state index in [9.17, 15) is 9.90 Å². The molecule has 0 spiro atoms.